The first kappa shape index (κ1) is 26.5. The van der Waals surface area contributed by atoms with Gasteiger partial charge in [0.05, 0.1) is 18.6 Å². The van der Waals surface area contributed by atoms with Crippen LogP contribution in [0.25, 0.3) is 6.08 Å². The largest absolute Gasteiger partial charge is 0.507 e. The average Bonchev–Trinajstić information content (AvgIpc) is 2.82. The van der Waals surface area contributed by atoms with E-state index in [2.05, 4.69) is 0 Å². The molecular weight excluding hydrogens is 472 g/mol. The van der Waals surface area contributed by atoms with Gasteiger partial charge in [-0.2, -0.15) is 0 Å². The molecule has 37 heavy (non-hydrogen) atoms. The first-order chi connectivity index (χ1) is 17.7. The number of allylic oxidation sites excluding steroid dienone is 1. The normalized spacial score (nSPS) is 20.9. The number of cyclic esters (lactones) is 1. The van der Waals surface area contributed by atoms with Gasteiger partial charge in [-0.05, 0) is 64.2 Å². The lowest BCUT2D eigenvalue weighted by atomic mass is 9.83. The molecule has 4 rings (SSSR count). The number of benzene rings is 2. The third-order valence-corrected chi connectivity index (χ3v) is 6.64. The molecule has 2 aliphatic heterocycles. The fourth-order valence-corrected chi connectivity index (χ4v) is 4.91. The number of fused-ring (bicyclic) bond motifs is 2. The molecule has 2 aromatic carbocycles. The number of hydrogen-bond acceptors (Lipinski definition) is 7. The fraction of sp³-hybridized carbons (Fsp3) is 0.433. The summed E-state index contributed by atoms with van der Waals surface area (Å²) >= 11 is 0. The molecule has 2 aliphatic rings. The van der Waals surface area contributed by atoms with Gasteiger partial charge in [-0.25, -0.2) is 4.79 Å². The van der Waals surface area contributed by atoms with Crippen molar-refractivity contribution in [1.82, 2.24) is 0 Å². The number of aromatic hydroxyl groups is 1. The van der Waals surface area contributed by atoms with Crippen LogP contribution in [0.15, 0.2) is 36.4 Å². The number of carbonyl (C=O) groups is 3. The number of ketones is 1. The minimum Gasteiger partial charge on any atom is -0.507 e. The summed E-state index contributed by atoms with van der Waals surface area (Å²) in [6, 6.07) is 9.00. The van der Waals surface area contributed by atoms with Crippen LogP contribution in [0, 0.1) is 0 Å². The Morgan fingerprint density at radius 3 is 2.62 bits per heavy atom. The van der Waals surface area contributed by atoms with Crippen molar-refractivity contribution >= 4 is 23.8 Å². The highest BCUT2D eigenvalue weighted by atomic mass is 16.5. The van der Waals surface area contributed by atoms with Crippen molar-refractivity contribution in [2.24, 2.45) is 0 Å². The van der Waals surface area contributed by atoms with Gasteiger partial charge in [0.1, 0.15) is 28.6 Å². The smallest absolute Gasteiger partial charge is 0.342 e. The molecule has 0 aromatic heterocycles. The molecule has 0 aliphatic carbocycles. The van der Waals surface area contributed by atoms with Crippen LogP contribution in [0.3, 0.4) is 0 Å². The summed E-state index contributed by atoms with van der Waals surface area (Å²) in [5.41, 5.74) is 1.53. The van der Waals surface area contributed by atoms with Crippen molar-refractivity contribution in [3.05, 3.63) is 58.7 Å². The molecule has 0 fully saturated rings. The van der Waals surface area contributed by atoms with Crippen molar-refractivity contribution in [3.8, 4) is 17.2 Å². The van der Waals surface area contributed by atoms with E-state index in [4.69, 9.17) is 14.2 Å². The van der Waals surface area contributed by atoms with Crippen LogP contribution in [-0.4, -0.2) is 35.0 Å². The molecule has 7 nitrogen and oxygen atoms in total. The topological polar surface area (TPSA) is 99.1 Å². The summed E-state index contributed by atoms with van der Waals surface area (Å²) in [6.45, 7) is 5.61. The summed E-state index contributed by atoms with van der Waals surface area (Å²) in [5.74, 6) is -0.894. The molecule has 2 aromatic rings. The first-order valence-corrected chi connectivity index (χ1v) is 13.0. The Kier molecular flexibility index (Phi) is 8.31. The maximum Gasteiger partial charge on any atom is 0.342 e. The van der Waals surface area contributed by atoms with Gasteiger partial charge in [0, 0.05) is 29.9 Å². The summed E-state index contributed by atoms with van der Waals surface area (Å²) in [6.07, 6.45) is 6.53. The molecule has 196 valence electrons. The number of ether oxygens (including phenoxy) is 3. The van der Waals surface area contributed by atoms with E-state index in [9.17, 15) is 19.5 Å². The molecule has 7 heteroatoms. The predicted octanol–water partition coefficient (Wildman–Crippen LogP) is 6.10. The molecule has 0 saturated heterocycles. The SMILES string of the molecule is CC(C)Oc1ccccc1[C@@H]1CC(=O)Oc2cc3c(c(O)c21)C(=O)O[C@H](C)CCCC(=O)CCCC=C3. The first-order valence-electron chi connectivity index (χ1n) is 13.0. The second-order valence-corrected chi connectivity index (χ2v) is 9.98. The Balaban J connectivity index is 1.83. The average molecular weight is 507 g/mol. The van der Waals surface area contributed by atoms with Crippen LogP contribution < -0.4 is 9.47 Å². The highest BCUT2D eigenvalue weighted by Gasteiger charge is 2.36. The van der Waals surface area contributed by atoms with E-state index < -0.39 is 24.0 Å². The number of para-hydroxylation sites is 1. The number of rotatable bonds is 3. The zero-order valence-corrected chi connectivity index (χ0v) is 21.6. The molecule has 0 bridgehead atoms. The number of esters is 2. The van der Waals surface area contributed by atoms with E-state index in [0.717, 1.165) is 5.56 Å². The molecule has 0 spiro atoms. The zero-order chi connectivity index (χ0) is 26.5. The van der Waals surface area contributed by atoms with E-state index in [1.54, 1.807) is 19.1 Å². The van der Waals surface area contributed by atoms with Gasteiger partial charge in [-0.1, -0.05) is 30.4 Å². The molecule has 0 radical (unpaired) electrons. The Labute approximate surface area is 217 Å². The van der Waals surface area contributed by atoms with E-state index in [1.807, 2.05) is 44.2 Å². The standard InChI is InChI=1S/C30H34O7/c1-18(2)35-24-15-8-7-14-22(24)23-17-26(32)37-25-16-20-11-5-4-6-12-21(31)13-9-10-19(3)36-30(34)27(20)29(33)28(23)25/h5,7-8,11,14-16,18-19,23,33H,4,6,9-10,12-13,17H2,1-3H3/t19-,23+/m1/s1. The molecule has 2 atom stereocenters. The predicted molar refractivity (Wildman–Crippen MR) is 139 cm³/mol. The second-order valence-electron chi connectivity index (χ2n) is 9.98. The monoisotopic (exact) mass is 506 g/mol. The lowest BCUT2D eigenvalue weighted by Crippen LogP contribution is -2.24. The summed E-state index contributed by atoms with van der Waals surface area (Å²) in [4.78, 5) is 38.1. The van der Waals surface area contributed by atoms with Gasteiger partial charge in [-0.15, -0.1) is 0 Å². The molecule has 0 amide bonds. The Morgan fingerprint density at radius 2 is 1.84 bits per heavy atom. The minimum absolute atomic E-state index is 0.00681. The van der Waals surface area contributed by atoms with Crippen LogP contribution in [0.5, 0.6) is 17.2 Å². The van der Waals surface area contributed by atoms with Gasteiger partial charge < -0.3 is 19.3 Å². The van der Waals surface area contributed by atoms with Crippen LogP contribution in [0.2, 0.25) is 0 Å². The third-order valence-electron chi connectivity index (χ3n) is 6.64. The van der Waals surface area contributed by atoms with Crippen LogP contribution in [-0.2, 0) is 14.3 Å². The Morgan fingerprint density at radius 1 is 1.08 bits per heavy atom. The van der Waals surface area contributed by atoms with Crippen molar-refractivity contribution in [2.45, 2.75) is 83.8 Å². The van der Waals surface area contributed by atoms with Crippen molar-refractivity contribution in [2.75, 3.05) is 0 Å². The maximum absolute atomic E-state index is 13.4. The number of phenols is 1. The Bertz CT molecular complexity index is 1210. The summed E-state index contributed by atoms with van der Waals surface area (Å²) in [5, 5.41) is 11.6. The van der Waals surface area contributed by atoms with E-state index in [-0.39, 0.29) is 35.4 Å². The van der Waals surface area contributed by atoms with Gasteiger partial charge >= 0.3 is 11.9 Å². The summed E-state index contributed by atoms with van der Waals surface area (Å²) < 4.78 is 17.2. The number of phenolic OH excluding ortho intramolecular Hbond substituents is 1. The van der Waals surface area contributed by atoms with Crippen molar-refractivity contribution in [3.63, 3.8) is 0 Å². The molecule has 2 heterocycles. The van der Waals surface area contributed by atoms with Crippen molar-refractivity contribution < 1.29 is 33.7 Å². The van der Waals surface area contributed by atoms with Gasteiger partial charge in [0.2, 0.25) is 0 Å². The third kappa shape index (κ3) is 6.21. The van der Waals surface area contributed by atoms with Gasteiger partial charge in [0.15, 0.2) is 0 Å². The number of carbonyl (C=O) groups excluding carboxylic acids is 3. The van der Waals surface area contributed by atoms with Gasteiger partial charge in [0.25, 0.3) is 0 Å². The van der Waals surface area contributed by atoms with E-state index in [1.165, 1.54) is 0 Å². The second kappa shape index (κ2) is 11.6. The van der Waals surface area contributed by atoms with Crippen LogP contribution in [0.4, 0.5) is 0 Å². The molecule has 0 saturated carbocycles. The van der Waals surface area contributed by atoms with E-state index in [0.29, 0.717) is 55.4 Å². The maximum atomic E-state index is 13.4. The highest BCUT2D eigenvalue weighted by Crippen LogP contribution is 2.49. The van der Waals surface area contributed by atoms with Gasteiger partial charge in [-0.3, -0.25) is 9.59 Å². The summed E-state index contributed by atoms with van der Waals surface area (Å²) in [7, 11) is 0. The quantitative estimate of drug-likeness (QED) is 0.396. The lowest BCUT2D eigenvalue weighted by molar-refractivity contribution is -0.135. The molecular formula is C30H34O7. The Hall–Kier alpha value is -3.61. The van der Waals surface area contributed by atoms with Crippen molar-refractivity contribution in [1.29, 1.82) is 0 Å². The highest BCUT2D eigenvalue weighted by molar-refractivity contribution is 5.98. The minimum atomic E-state index is -0.654. The zero-order valence-electron chi connectivity index (χ0n) is 21.6. The molecule has 1 N–H and O–H groups in total. The van der Waals surface area contributed by atoms with E-state index >= 15 is 0 Å². The lowest BCUT2D eigenvalue weighted by Gasteiger charge is -2.29. The number of hydrogen-bond donors (Lipinski definition) is 1. The van der Waals surface area contributed by atoms with Crippen LogP contribution >= 0.6 is 0 Å². The van der Waals surface area contributed by atoms with Crippen LogP contribution in [0.1, 0.15) is 98.7 Å². The fourth-order valence-electron chi connectivity index (χ4n) is 4.91. The molecule has 0 unspecified atom stereocenters. The number of Topliss-reactive ketones (excluding diaryl/α,β-unsaturated/α-hetero) is 1.